The zero-order chi connectivity index (χ0) is 18.2. The first-order chi connectivity index (χ1) is 12.0. The summed E-state index contributed by atoms with van der Waals surface area (Å²) in [5.41, 5.74) is 9.12. The summed E-state index contributed by atoms with van der Waals surface area (Å²) in [4.78, 5) is 10.6. The fourth-order valence-electron chi connectivity index (χ4n) is 2.05. The molecule has 3 N–H and O–H groups in total. The van der Waals surface area contributed by atoms with Gasteiger partial charge in [-0.1, -0.05) is 12.1 Å². The van der Waals surface area contributed by atoms with Crippen molar-refractivity contribution in [2.75, 3.05) is 7.11 Å². The summed E-state index contributed by atoms with van der Waals surface area (Å²) < 4.78 is 10.9. The predicted molar refractivity (Wildman–Crippen MR) is 97.9 cm³/mol. The van der Waals surface area contributed by atoms with Gasteiger partial charge in [0.25, 0.3) is 0 Å². The van der Waals surface area contributed by atoms with Crippen molar-refractivity contribution in [2.24, 2.45) is 10.8 Å². The highest BCUT2D eigenvalue weighted by Gasteiger charge is 2.14. The molecule has 2 rings (SSSR count). The molecule has 0 unspecified atom stereocenters. The van der Waals surface area contributed by atoms with E-state index in [4.69, 9.17) is 15.2 Å². The molecule has 9 heteroatoms. The molecule has 0 saturated heterocycles. The van der Waals surface area contributed by atoms with Crippen molar-refractivity contribution >= 4 is 29.2 Å². The van der Waals surface area contributed by atoms with E-state index >= 15 is 0 Å². The van der Waals surface area contributed by atoms with E-state index < -0.39 is 4.92 Å². The molecule has 2 aromatic carbocycles. The quantitative estimate of drug-likeness (QED) is 0.337. The Balaban J connectivity index is 2.19. The van der Waals surface area contributed by atoms with Gasteiger partial charge in [-0.3, -0.25) is 15.5 Å². The Morgan fingerprint density at radius 2 is 2.12 bits per heavy atom. The van der Waals surface area contributed by atoms with Gasteiger partial charge < -0.3 is 15.2 Å². The van der Waals surface area contributed by atoms with E-state index in [1.54, 1.807) is 36.4 Å². The number of thiocarbonyl (C=S) groups is 1. The summed E-state index contributed by atoms with van der Waals surface area (Å²) in [6.07, 6.45) is 1.53. The SMILES string of the molecule is COc1ccc(C=NNC(N)=S)cc1COc1ccccc1[N+](=O)[O-]. The second-order valence-electron chi connectivity index (χ2n) is 4.82. The second kappa shape index (κ2) is 8.60. The van der Waals surface area contributed by atoms with Crippen LogP contribution in [-0.2, 0) is 6.61 Å². The number of methoxy groups -OCH3 is 1. The Morgan fingerprint density at radius 1 is 1.36 bits per heavy atom. The number of para-hydroxylation sites is 2. The van der Waals surface area contributed by atoms with Crippen LogP contribution in [0.5, 0.6) is 11.5 Å². The van der Waals surface area contributed by atoms with Gasteiger partial charge in [-0.15, -0.1) is 0 Å². The molecular weight excluding hydrogens is 344 g/mol. The second-order valence-corrected chi connectivity index (χ2v) is 5.26. The Labute approximate surface area is 149 Å². The summed E-state index contributed by atoms with van der Waals surface area (Å²) in [5, 5.41) is 15.0. The third kappa shape index (κ3) is 5.15. The van der Waals surface area contributed by atoms with Gasteiger partial charge in [0, 0.05) is 11.6 Å². The topological polar surface area (TPSA) is 112 Å². The van der Waals surface area contributed by atoms with Crippen molar-refractivity contribution in [3.05, 3.63) is 63.7 Å². The fourth-order valence-corrected chi connectivity index (χ4v) is 2.10. The molecule has 0 aliphatic rings. The van der Waals surface area contributed by atoms with Crippen LogP contribution >= 0.6 is 12.2 Å². The first-order valence-electron chi connectivity index (χ1n) is 7.13. The minimum Gasteiger partial charge on any atom is -0.496 e. The number of ether oxygens (including phenoxy) is 2. The van der Waals surface area contributed by atoms with Gasteiger partial charge in [0.1, 0.15) is 12.4 Å². The van der Waals surface area contributed by atoms with Crippen LogP contribution in [0.3, 0.4) is 0 Å². The lowest BCUT2D eigenvalue weighted by Crippen LogP contribution is -2.24. The summed E-state index contributed by atoms with van der Waals surface area (Å²) in [6, 6.07) is 11.5. The van der Waals surface area contributed by atoms with Gasteiger partial charge in [0.2, 0.25) is 0 Å². The molecular formula is C16H16N4O4S. The largest absolute Gasteiger partial charge is 0.496 e. The molecule has 2 aromatic rings. The van der Waals surface area contributed by atoms with Gasteiger partial charge in [0.05, 0.1) is 18.2 Å². The van der Waals surface area contributed by atoms with Crippen molar-refractivity contribution in [1.82, 2.24) is 5.43 Å². The number of benzene rings is 2. The predicted octanol–water partition coefficient (Wildman–Crippen LogP) is 2.35. The number of nitrogens with zero attached hydrogens (tertiary/aromatic N) is 2. The molecule has 130 valence electrons. The molecule has 0 amide bonds. The number of nitro benzene ring substituents is 1. The number of nitrogens with one attached hydrogen (secondary N) is 1. The van der Waals surface area contributed by atoms with Gasteiger partial charge in [0.15, 0.2) is 10.9 Å². The van der Waals surface area contributed by atoms with E-state index in [9.17, 15) is 10.1 Å². The smallest absolute Gasteiger partial charge is 0.310 e. The molecule has 0 heterocycles. The van der Waals surface area contributed by atoms with Gasteiger partial charge >= 0.3 is 5.69 Å². The first kappa shape index (κ1) is 18.1. The number of hydrogen-bond donors (Lipinski definition) is 2. The molecule has 0 atom stereocenters. The Kier molecular flexibility index (Phi) is 6.24. The number of hydrogen-bond acceptors (Lipinski definition) is 6. The Hall–Kier alpha value is -3.20. The van der Waals surface area contributed by atoms with E-state index in [0.29, 0.717) is 11.3 Å². The van der Waals surface area contributed by atoms with Crippen LogP contribution < -0.4 is 20.6 Å². The Bertz CT molecular complexity index is 810. The minimum atomic E-state index is -0.489. The highest BCUT2D eigenvalue weighted by atomic mass is 32.1. The van der Waals surface area contributed by atoms with Crippen LogP contribution in [0, 0.1) is 10.1 Å². The van der Waals surface area contributed by atoms with Crippen LogP contribution in [0.1, 0.15) is 11.1 Å². The van der Waals surface area contributed by atoms with Crippen LogP contribution in [0.25, 0.3) is 0 Å². The number of nitrogens with two attached hydrogens (primary N) is 1. The fraction of sp³-hybridized carbons (Fsp3) is 0.125. The maximum absolute atomic E-state index is 11.0. The number of rotatable bonds is 7. The van der Waals surface area contributed by atoms with Gasteiger partial charge in [-0.2, -0.15) is 5.10 Å². The van der Waals surface area contributed by atoms with Crippen LogP contribution in [0.4, 0.5) is 5.69 Å². The molecule has 0 bridgehead atoms. The highest BCUT2D eigenvalue weighted by molar-refractivity contribution is 7.80. The average Bonchev–Trinajstić information content (AvgIpc) is 2.60. The standard InChI is InChI=1S/C16H16N4O4S/c1-23-14-7-6-11(9-18-19-16(17)25)8-12(14)10-24-15-5-3-2-4-13(15)20(21)22/h2-9H,10H2,1H3,(H3,17,19,25). The number of hydrazone groups is 1. The van der Waals surface area contributed by atoms with Crippen LogP contribution in [-0.4, -0.2) is 23.4 Å². The third-order valence-corrected chi connectivity index (χ3v) is 3.23. The molecule has 0 saturated carbocycles. The third-order valence-electron chi connectivity index (χ3n) is 3.14. The van der Waals surface area contributed by atoms with E-state index in [-0.39, 0.29) is 23.2 Å². The Morgan fingerprint density at radius 3 is 2.80 bits per heavy atom. The van der Waals surface area contributed by atoms with Crippen LogP contribution in [0.15, 0.2) is 47.6 Å². The maximum atomic E-state index is 11.0. The van der Waals surface area contributed by atoms with E-state index in [0.717, 1.165) is 5.56 Å². The van der Waals surface area contributed by atoms with Crippen molar-refractivity contribution in [3.8, 4) is 11.5 Å². The van der Waals surface area contributed by atoms with Crippen LogP contribution in [0.2, 0.25) is 0 Å². The lowest BCUT2D eigenvalue weighted by Gasteiger charge is -2.11. The highest BCUT2D eigenvalue weighted by Crippen LogP contribution is 2.28. The van der Waals surface area contributed by atoms with Gasteiger partial charge in [-0.25, -0.2) is 0 Å². The van der Waals surface area contributed by atoms with Gasteiger partial charge in [-0.05, 0) is 42.0 Å². The van der Waals surface area contributed by atoms with Crippen molar-refractivity contribution in [3.63, 3.8) is 0 Å². The summed E-state index contributed by atoms with van der Waals surface area (Å²) in [7, 11) is 1.53. The van der Waals surface area contributed by atoms with Crippen molar-refractivity contribution in [2.45, 2.75) is 6.61 Å². The molecule has 0 fully saturated rings. The summed E-state index contributed by atoms with van der Waals surface area (Å²) in [6.45, 7) is 0.0957. The van der Waals surface area contributed by atoms with Crippen molar-refractivity contribution < 1.29 is 14.4 Å². The lowest BCUT2D eigenvalue weighted by molar-refractivity contribution is -0.385. The molecule has 8 nitrogen and oxygen atoms in total. The average molecular weight is 360 g/mol. The molecule has 0 aromatic heterocycles. The maximum Gasteiger partial charge on any atom is 0.310 e. The minimum absolute atomic E-state index is 0.0599. The monoisotopic (exact) mass is 360 g/mol. The van der Waals surface area contributed by atoms with Crippen molar-refractivity contribution in [1.29, 1.82) is 0 Å². The first-order valence-corrected chi connectivity index (χ1v) is 7.53. The normalized spacial score (nSPS) is 10.4. The molecule has 0 aliphatic heterocycles. The van der Waals surface area contributed by atoms with E-state index in [1.807, 2.05) is 0 Å². The zero-order valence-corrected chi connectivity index (χ0v) is 14.2. The zero-order valence-electron chi connectivity index (χ0n) is 13.3. The molecule has 0 radical (unpaired) electrons. The lowest BCUT2D eigenvalue weighted by atomic mass is 10.1. The summed E-state index contributed by atoms with van der Waals surface area (Å²) in [5.74, 6) is 0.779. The molecule has 25 heavy (non-hydrogen) atoms. The molecule has 0 spiro atoms. The molecule has 0 aliphatic carbocycles. The number of nitro groups is 1. The van der Waals surface area contributed by atoms with E-state index in [2.05, 4.69) is 22.7 Å². The summed E-state index contributed by atoms with van der Waals surface area (Å²) >= 11 is 4.66. The van der Waals surface area contributed by atoms with E-state index in [1.165, 1.54) is 19.4 Å².